The van der Waals surface area contributed by atoms with Gasteiger partial charge in [0.05, 0.1) is 4.47 Å². The summed E-state index contributed by atoms with van der Waals surface area (Å²) in [5.41, 5.74) is 1.20. The minimum absolute atomic E-state index is 0.272. The highest BCUT2D eigenvalue weighted by Gasteiger charge is 2.00. The van der Waals surface area contributed by atoms with Crippen molar-refractivity contribution in [1.82, 2.24) is 0 Å². The molecule has 0 heterocycles. The van der Waals surface area contributed by atoms with E-state index in [-0.39, 0.29) is 5.82 Å². The molecule has 1 aromatic rings. The largest absolute Gasteiger partial charge is 0.488 e. The molecule has 0 unspecified atom stereocenters. The van der Waals surface area contributed by atoms with Crippen LogP contribution in [0, 0.1) is 5.82 Å². The Hall–Kier alpha value is -0.830. The Kier molecular flexibility index (Phi) is 4.14. The lowest BCUT2D eigenvalue weighted by molar-refractivity contribution is 0.359. The van der Waals surface area contributed by atoms with E-state index >= 15 is 0 Å². The first-order valence-electron chi connectivity index (χ1n) is 4.31. The zero-order valence-electron chi connectivity index (χ0n) is 8.18. The van der Waals surface area contributed by atoms with E-state index in [0.717, 1.165) is 0 Å². The van der Waals surface area contributed by atoms with Gasteiger partial charge in [0.25, 0.3) is 0 Å². The SMILES string of the molecule is CC(C)=CCOc1ccc(F)cc1Br. The van der Waals surface area contributed by atoms with Crippen LogP contribution in [0.3, 0.4) is 0 Å². The molecule has 0 spiro atoms. The molecule has 0 saturated carbocycles. The highest BCUT2D eigenvalue weighted by Crippen LogP contribution is 2.25. The van der Waals surface area contributed by atoms with E-state index in [9.17, 15) is 4.39 Å². The minimum atomic E-state index is -0.272. The van der Waals surface area contributed by atoms with Gasteiger partial charge in [-0.3, -0.25) is 0 Å². The third-order valence-electron chi connectivity index (χ3n) is 1.62. The second kappa shape index (κ2) is 5.15. The van der Waals surface area contributed by atoms with E-state index in [0.29, 0.717) is 16.8 Å². The van der Waals surface area contributed by atoms with Gasteiger partial charge >= 0.3 is 0 Å². The highest BCUT2D eigenvalue weighted by molar-refractivity contribution is 9.10. The molecule has 0 amide bonds. The molecular weight excluding hydrogens is 247 g/mol. The van der Waals surface area contributed by atoms with Crippen LogP contribution < -0.4 is 4.74 Å². The second-order valence-electron chi connectivity index (χ2n) is 3.17. The minimum Gasteiger partial charge on any atom is -0.488 e. The summed E-state index contributed by atoms with van der Waals surface area (Å²) in [7, 11) is 0. The normalized spacial score (nSPS) is 9.71. The van der Waals surface area contributed by atoms with Gasteiger partial charge in [-0.1, -0.05) is 5.57 Å². The van der Waals surface area contributed by atoms with Crippen molar-refractivity contribution in [2.45, 2.75) is 13.8 Å². The van der Waals surface area contributed by atoms with Crippen molar-refractivity contribution in [3.8, 4) is 5.75 Å². The van der Waals surface area contributed by atoms with Crippen molar-refractivity contribution in [2.24, 2.45) is 0 Å². The summed E-state index contributed by atoms with van der Waals surface area (Å²) in [6, 6.07) is 4.37. The molecule has 0 bridgehead atoms. The fourth-order valence-corrected chi connectivity index (χ4v) is 1.36. The van der Waals surface area contributed by atoms with E-state index in [1.165, 1.54) is 17.7 Å². The number of benzene rings is 1. The fraction of sp³-hybridized carbons (Fsp3) is 0.273. The van der Waals surface area contributed by atoms with Crippen LogP contribution in [0.5, 0.6) is 5.75 Å². The van der Waals surface area contributed by atoms with Gasteiger partial charge in [0.2, 0.25) is 0 Å². The van der Waals surface area contributed by atoms with Gasteiger partial charge in [0, 0.05) is 0 Å². The lowest BCUT2D eigenvalue weighted by Gasteiger charge is -2.05. The zero-order chi connectivity index (χ0) is 10.6. The van der Waals surface area contributed by atoms with Crippen molar-refractivity contribution < 1.29 is 9.13 Å². The first kappa shape index (κ1) is 11.2. The lowest BCUT2D eigenvalue weighted by atomic mass is 10.3. The number of rotatable bonds is 3. The first-order valence-corrected chi connectivity index (χ1v) is 5.10. The summed E-state index contributed by atoms with van der Waals surface area (Å²) < 4.78 is 18.8. The standard InChI is InChI=1S/C11H12BrFO/c1-8(2)5-6-14-11-4-3-9(13)7-10(11)12/h3-5,7H,6H2,1-2H3. The summed E-state index contributed by atoms with van der Waals surface area (Å²) in [6.07, 6.45) is 1.97. The predicted octanol–water partition coefficient (Wildman–Crippen LogP) is 3.93. The molecule has 76 valence electrons. The molecule has 1 nitrogen and oxygen atoms in total. The van der Waals surface area contributed by atoms with Crippen LogP contribution in [0.25, 0.3) is 0 Å². The van der Waals surface area contributed by atoms with Crippen LogP contribution in [0.15, 0.2) is 34.3 Å². The molecule has 0 fully saturated rings. The van der Waals surface area contributed by atoms with Gasteiger partial charge in [-0.15, -0.1) is 0 Å². The Morgan fingerprint density at radius 1 is 1.50 bits per heavy atom. The molecule has 0 aliphatic heterocycles. The summed E-state index contributed by atoms with van der Waals surface area (Å²) in [5.74, 6) is 0.385. The maximum atomic E-state index is 12.7. The number of allylic oxidation sites excluding steroid dienone is 1. The lowest BCUT2D eigenvalue weighted by Crippen LogP contribution is -1.95. The monoisotopic (exact) mass is 258 g/mol. The Morgan fingerprint density at radius 3 is 2.79 bits per heavy atom. The summed E-state index contributed by atoms with van der Waals surface area (Å²) in [5, 5.41) is 0. The van der Waals surface area contributed by atoms with Gasteiger partial charge < -0.3 is 4.74 Å². The van der Waals surface area contributed by atoms with E-state index in [1.54, 1.807) is 6.07 Å². The Labute approximate surface area is 91.7 Å². The van der Waals surface area contributed by atoms with E-state index < -0.39 is 0 Å². The molecule has 1 rings (SSSR count). The van der Waals surface area contributed by atoms with Crippen LogP contribution in [0.2, 0.25) is 0 Å². The Bertz CT molecular complexity index is 343. The number of hydrogen-bond donors (Lipinski definition) is 0. The van der Waals surface area contributed by atoms with Crippen molar-refractivity contribution >= 4 is 15.9 Å². The van der Waals surface area contributed by atoms with Crippen LogP contribution in [0.1, 0.15) is 13.8 Å². The predicted molar refractivity (Wildman–Crippen MR) is 59.0 cm³/mol. The molecule has 0 saturated heterocycles. The number of hydrogen-bond acceptors (Lipinski definition) is 1. The van der Waals surface area contributed by atoms with Gasteiger partial charge in [-0.05, 0) is 54.1 Å². The smallest absolute Gasteiger partial charge is 0.134 e. The highest BCUT2D eigenvalue weighted by atomic mass is 79.9. The average molecular weight is 259 g/mol. The van der Waals surface area contributed by atoms with Crippen molar-refractivity contribution in [3.05, 3.63) is 40.1 Å². The van der Waals surface area contributed by atoms with Crippen LogP contribution in [-0.2, 0) is 0 Å². The Balaban J connectivity index is 2.64. The molecule has 0 atom stereocenters. The van der Waals surface area contributed by atoms with E-state index in [1.807, 2.05) is 19.9 Å². The summed E-state index contributed by atoms with van der Waals surface area (Å²) in [4.78, 5) is 0. The zero-order valence-corrected chi connectivity index (χ0v) is 9.77. The van der Waals surface area contributed by atoms with Crippen LogP contribution >= 0.6 is 15.9 Å². The topological polar surface area (TPSA) is 9.23 Å². The van der Waals surface area contributed by atoms with Crippen LogP contribution in [-0.4, -0.2) is 6.61 Å². The van der Waals surface area contributed by atoms with Gasteiger partial charge in [-0.2, -0.15) is 0 Å². The maximum Gasteiger partial charge on any atom is 0.134 e. The summed E-state index contributed by atoms with van der Waals surface area (Å²) in [6.45, 7) is 4.51. The molecule has 0 N–H and O–H groups in total. The average Bonchev–Trinajstić information content (AvgIpc) is 2.08. The molecule has 1 aromatic carbocycles. The quantitative estimate of drug-likeness (QED) is 0.747. The fourth-order valence-electron chi connectivity index (χ4n) is 0.890. The molecule has 14 heavy (non-hydrogen) atoms. The molecular formula is C11H12BrFO. The van der Waals surface area contributed by atoms with Gasteiger partial charge in [0.1, 0.15) is 18.2 Å². The van der Waals surface area contributed by atoms with Crippen molar-refractivity contribution in [3.63, 3.8) is 0 Å². The van der Waals surface area contributed by atoms with Gasteiger partial charge in [0.15, 0.2) is 0 Å². The third-order valence-corrected chi connectivity index (χ3v) is 2.24. The maximum absolute atomic E-state index is 12.7. The van der Waals surface area contributed by atoms with Crippen molar-refractivity contribution in [1.29, 1.82) is 0 Å². The Morgan fingerprint density at radius 2 is 2.21 bits per heavy atom. The molecule has 0 aliphatic rings. The second-order valence-corrected chi connectivity index (χ2v) is 4.02. The van der Waals surface area contributed by atoms with Crippen molar-refractivity contribution in [2.75, 3.05) is 6.61 Å². The molecule has 0 aromatic heterocycles. The molecule has 0 aliphatic carbocycles. The number of halogens is 2. The van der Waals surface area contributed by atoms with E-state index in [4.69, 9.17) is 4.74 Å². The first-order chi connectivity index (χ1) is 6.59. The van der Waals surface area contributed by atoms with E-state index in [2.05, 4.69) is 15.9 Å². The molecule has 0 radical (unpaired) electrons. The summed E-state index contributed by atoms with van der Waals surface area (Å²) >= 11 is 3.23. The van der Waals surface area contributed by atoms with Gasteiger partial charge in [-0.25, -0.2) is 4.39 Å². The number of ether oxygens (including phenoxy) is 1. The van der Waals surface area contributed by atoms with Crippen LogP contribution in [0.4, 0.5) is 4.39 Å². The third kappa shape index (κ3) is 3.50. The molecule has 3 heteroatoms.